The highest BCUT2D eigenvalue weighted by Gasteiger charge is 2.06. The molecular formula is C14H12FN3S3. The van der Waals surface area contributed by atoms with Crippen LogP contribution in [0.4, 0.5) is 10.2 Å². The van der Waals surface area contributed by atoms with Gasteiger partial charge >= 0.3 is 0 Å². The molecule has 0 saturated carbocycles. The maximum atomic E-state index is 12.8. The van der Waals surface area contributed by atoms with Crippen LogP contribution >= 0.6 is 34.9 Å². The molecule has 0 spiro atoms. The minimum absolute atomic E-state index is 0.207. The summed E-state index contributed by atoms with van der Waals surface area (Å²) in [5.74, 6) is 2.11. The number of nitrogens with zero attached hydrogens (tertiary/aromatic N) is 2. The van der Waals surface area contributed by atoms with E-state index in [2.05, 4.69) is 9.97 Å². The number of nitrogens with two attached hydrogens (primary N) is 1. The van der Waals surface area contributed by atoms with Crippen LogP contribution in [0.3, 0.4) is 0 Å². The van der Waals surface area contributed by atoms with Gasteiger partial charge in [0, 0.05) is 16.4 Å². The molecule has 3 rings (SSSR count). The molecule has 0 unspecified atom stereocenters. The molecule has 3 nitrogen and oxygen atoms in total. The minimum Gasteiger partial charge on any atom is -0.383 e. The highest BCUT2D eigenvalue weighted by atomic mass is 32.2. The zero-order valence-corrected chi connectivity index (χ0v) is 13.4. The molecule has 0 fully saturated rings. The van der Waals surface area contributed by atoms with Crippen molar-refractivity contribution in [3.63, 3.8) is 0 Å². The Labute approximate surface area is 134 Å². The molecule has 21 heavy (non-hydrogen) atoms. The van der Waals surface area contributed by atoms with Crippen molar-refractivity contribution in [3.05, 3.63) is 41.5 Å². The number of hydrogen-bond acceptors (Lipinski definition) is 6. The van der Waals surface area contributed by atoms with E-state index in [-0.39, 0.29) is 5.82 Å². The molecule has 0 aliphatic rings. The number of thioether (sulfide) groups is 2. The molecule has 0 atom stereocenters. The van der Waals surface area contributed by atoms with Gasteiger partial charge in [-0.25, -0.2) is 14.4 Å². The van der Waals surface area contributed by atoms with Crippen LogP contribution in [0.1, 0.15) is 0 Å². The zero-order valence-electron chi connectivity index (χ0n) is 11.0. The summed E-state index contributed by atoms with van der Waals surface area (Å²) in [5.41, 5.74) is 5.91. The number of nitrogen functional groups attached to an aromatic ring is 1. The number of rotatable bonds is 5. The topological polar surface area (TPSA) is 51.8 Å². The maximum absolute atomic E-state index is 12.8. The first-order chi connectivity index (χ1) is 10.2. The second-order valence-corrected chi connectivity index (χ2v) is 7.31. The third-order valence-corrected chi connectivity index (χ3v) is 5.66. The fourth-order valence-electron chi connectivity index (χ4n) is 1.75. The standard InChI is InChI=1S/C14H12FN3S3/c15-9-1-3-10(4-2-9)19-7-8-21-14-17-12(16)11-5-6-20-13(11)18-14/h1-6H,7-8H2,(H2,16,17,18). The summed E-state index contributed by atoms with van der Waals surface area (Å²) in [5, 5.41) is 3.60. The Hall–Kier alpha value is -1.31. The van der Waals surface area contributed by atoms with Gasteiger partial charge in [-0.3, -0.25) is 0 Å². The van der Waals surface area contributed by atoms with Crippen molar-refractivity contribution in [1.29, 1.82) is 0 Å². The van der Waals surface area contributed by atoms with Crippen molar-refractivity contribution in [1.82, 2.24) is 9.97 Å². The maximum Gasteiger partial charge on any atom is 0.190 e. The molecule has 0 bridgehead atoms. The lowest BCUT2D eigenvalue weighted by Gasteiger charge is -2.03. The van der Waals surface area contributed by atoms with Crippen LogP contribution in [-0.4, -0.2) is 21.5 Å². The lowest BCUT2D eigenvalue weighted by Crippen LogP contribution is -1.96. The van der Waals surface area contributed by atoms with Crippen LogP contribution in [0.5, 0.6) is 0 Å². The monoisotopic (exact) mass is 337 g/mol. The second-order valence-electron chi connectivity index (χ2n) is 4.18. The quantitative estimate of drug-likeness (QED) is 0.427. The molecule has 0 aliphatic carbocycles. The average molecular weight is 337 g/mol. The molecule has 0 radical (unpaired) electrons. The Morgan fingerprint density at radius 1 is 1.05 bits per heavy atom. The van der Waals surface area contributed by atoms with E-state index in [1.165, 1.54) is 12.1 Å². The third kappa shape index (κ3) is 3.66. The summed E-state index contributed by atoms with van der Waals surface area (Å²) < 4.78 is 12.8. The van der Waals surface area contributed by atoms with E-state index in [1.807, 2.05) is 11.4 Å². The summed E-state index contributed by atoms with van der Waals surface area (Å²) in [6.45, 7) is 0. The van der Waals surface area contributed by atoms with Gasteiger partial charge in [-0.1, -0.05) is 11.8 Å². The van der Waals surface area contributed by atoms with Crippen molar-refractivity contribution in [2.45, 2.75) is 10.1 Å². The van der Waals surface area contributed by atoms with Gasteiger partial charge in [-0.15, -0.1) is 23.1 Å². The van der Waals surface area contributed by atoms with Crippen LogP contribution in [0, 0.1) is 5.82 Å². The minimum atomic E-state index is -0.207. The molecule has 2 N–H and O–H groups in total. The molecule has 0 saturated heterocycles. The van der Waals surface area contributed by atoms with E-state index in [0.29, 0.717) is 11.0 Å². The summed E-state index contributed by atoms with van der Waals surface area (Å²) in [6, 6.07) is 8.47. The summed E-state index contributed by atoms with van der Waals surface area (Å²) in [6.07, 6.45) is 0. The van der Waals surface area contributed by atoms with Crippen LogP contribution in [0.25, 0.3) is 10.2 Å². The fourth-order valence-corrected chi connectivity index (χ4v) is 4.31. The first-order valence-electron chi connectivity index (χ1n) is 6.24. The largest absolute Gasteiger partial charge is 0.383 e. The molecule has 7 heteroatoms. The van der Waals surface area contributed by atoms with Crippen molar-refractivity contribution in [2.75, 3.05) is 17.2 Å². The van der Waals surface area contributed by atoms with E-state index >= 15 is 0 Å². The van der Waals surface area contributed by atoms with E-state index < -0.39 is 0 Å². The van der Waals surface area contributed by atoms with Gasteiger partial charge in [-0.05, 0) is 35.7 Å². The highest BCUT2D eigenvalue weighted by Crippen LogP contribution is 2.27. The normalized spacial score (nSPS) is 11.1. The smallest absolute Gasteiger partial charge is 0.190 e. The highest BCUT2D eigenvalue weighted by molar-refractivity contribution is 8.02. The Morgan fingerprint density at radius 3 is 2.62 bits per heavy atom. The van der Waals surface area contributed by atoms with Gasteiger partial charge in [0.15, 0.2) is 5.16 Å². The zero-order chi connectivity index (χ0) is 14.7. The Morgan fingerprint density at radius 2 is 1.81 bits per heavy atom. The molecule has 0 amide bonds. The number of thiophene rings is 1. The van der Waals surface area contributed by atoms with Gasteiger partial charge in [0.25, 0.3) is 0 Å². The molecule has 0 aliphatic heterocycles. The predicted molar refractivity (Wildman–Crippen MR) is 89.7 cm³/mol. The van der Waals surface area contributed by atoms with E-state index in [4.69, 9.17) is 5.73 Å². The average Bonchev–Trinajstić information content (AvgIpc) is 2.94. The lowest BCUT2D eigenvalue weighted by atomic mass is 10.4. The van der Waals surface area contributed by atoms with Crippen LogP contribution in [-0.2, 0) is 0 Å². The predicted octanol–water partition coefficient (Wildman–Crippen LogP) is 4.30. The van der Waals surface area contributed by atoms with Crippen LogP contribution in [0.2, 0.25) is 0 Å². The van der Waals surface area contributed by atoms with E-state index in [9.17, 15) is 4.39 Å². The van der Waals surface area contributed by atoms with Gasteiger partial charge < -0.3 is 5.73 Å². The number of benzene rings is 1. The van der Waals surface area contributed by atoms with Crippen molar-refractivity contribution in [3.8, 4) is 0 Å². The molecule has 108 valence electrons. The van der Waals surface area contributed by atoms with Crippen LogP contribution in [0.15, 0.2) is 45.8 Å². The molecule has 1 aromatic carbocycles. The van der Waals surface area contributed by atoms with E-state index in [1.54, 1.807) is 47.0 Å². The number of aromatic nitrogens is 2. The first kappa shape index (κ1) is 14.6. The molecular weight excluding hydrogens is 325 g/mol. The second kappa shape index (κ2) is 6.64. The van der Waals surface area contributed by atoms with Crippen molar-refractivity contribution >= 4 is 50.9 Å². The number of halogens is 1. The van der Waals surface area contributed by atoms with Gasteiger partial charge in [-0.2, -0.15) is 0 Å². The van der Waals surface area contributed by atoms with Gasteiger partial charge in [0.05, 0.1) is 5.39 Å². The summed E-state index contributed by atoms with van der Waals surface area (Å²) >= 11 is 4.84. The van der Waals surface area contributed by atoms with Crippen LogP contribution < -0.4 is 5.73 Å². The number of hydrogen-bond donors (Lipinski definition) is 1. The third-order valence-electron chi connectivity index (χ3n) is 2.73. The summed E-state index contributed by atoms with van der Waals surface area (Å²) in [4.78, 5) is 10.8. The molecule has 2 aromatic heterocycles. The SMILES string of the molecule is Nc1nc(SCCSc2ccc(F)cc2)nc2sccc12. The first-order valence-corrected chi connectivity index (χ1v) is 9.09. The van der Waals surface area contributed by atoms with Gasteiger partial charge in [0.2, 0.25) is 0 Å². The lowest BCUT2D eigenvalue weighted by molar-refractivity contribution is 0.626. The summed E-state index contributed by atoms with van der Waals surface area (Å²) in [7, 11) is 0. The van der Waals surface area contributed by atoms with Crippen molar-refractivity contribution < 1.29 is 4.39 Å². The fraction of sp³-hybridized carbons (Fsp3) is 0.143. The number of anilines is 1. The molecule has 3 aromatic rings. The molecule has 2 heterocycles. The van der Waals surface area contributed by atoms with Gasteiger partial charge in [0.1, 0.15) is 16.5 Å². The van der Waals surface area contributed by atoms with E-state index in [0.717, 1.165) is 26.6 Å². The van der Waals surface area contributed by atoms with Crippen molar-refractivity contribution in [2.24, 2.45) is 0 Å². The Kier molecular flexibility index (Phi) is 4.62. The number of fused-ring (bicyclic) bond motifs is 1. The Balaban J connectivity index is 1.55. The Bertz CT molecular complexity index is 743.